The van der Waals surface area contributed by atoms with Crippen molar-refractivity contribution in [3.05, 3.63) is 45.9 Å². The Hall–Kier alpha value is -2.25. The molecule has 0 N–H and O–H groups in total. The van der Waals surface area contributed by atoms with Gasteiger partial charge in [-0.15, -0.1) is 11.3 Å². The second-order valence-electron chi connectivity index (χ2n) is 4.13. The number of aromatic nitrogens is 2. The van der Waals surface area contributed by atoms with Crippen LogP contribution in [0.4, 0.5) is 5.69 Å². The first kappa shape index (κ1) is 13.7. The Labute approximate surface area is 128 Å². The molecular formula is C13H8ClN3O3S. The van der Waals surface area contributed by atoms with E-state index in [1.165, 1.54) is 30.8 Å². The predicted molar refractivity (Wildman–Crippen MR) is 81.1 cm³/mol. The molecule has 0 fully saturated rings. The number of ether oxygens (including phenoxy) is 1. The summed E-state index contributed by atoms with van der Waals surface area (Å²) in [6, 6.07) is 6.59. The van der Waals surface area contributed by atoms with E-state index < -0.39 is 4.92 Å². The zero-order valence-corrected chi connectivity index (χ0v) is 12.3. The third-order valence-electron chi connectivity index (χ3n) is 2.93. The van der Waals surface area contributed by atoms with Crippen LogP contribution in [0.2, 0.25) is 5.15 Å². The van der Waals surface area contributed by atoms with Gasteiger partial charge in [0.15, 0.2) is 5.75 Å². The molecule has 6 nitrogen and oxygen atoms in total. The van der Waals surface area contributed by atoms with E-state index in [0.717, 1.165) is 20.7 Å². The van der Waals surface area contributed by atoms with Crippen LogP contribution < -0.4 is 4.74 Å². The number of rotatable bonds is 3. The van der Waals surface area contributed by atoms with Gasteiger partial charge in [0.2, 0.25) is 0 Å². The highest BCUT2D eigenvalue weighted by molar-refractivity contribution is 7.22. The molecule has 0 aliphatic carbocycles. The number of hydrogen-bond donors (Lipinski definition) is 0. The lowest BCUT2D eigenvalue weighted by molar-refractivity contribution is -0.385. The Balaban J connectivity index is 2.14. The molecule has 8 heteroatoms. The van der Waals surface area contributed by atoms with E-state index in [0.29, 0.717) is 5.15 Å². The molecule has 3 aromatic rings. The van der Waals surface area contributed by atoms with Crippen molar-refractivity contribution in [2.75, 3.05) is 7.11 Å². The Morgan fingerprint density at radius 2 is 2.14 bits per heavy atom. The highest BCUT2D eigenvalue weighted by Crippen LogP contribution is 2.38. The van der Waals surface area contributed by atoms with Crippen molar-refractivity contribution in [3.63, 3.8) is 0 Å². The number of methoxy groups -OCH3 is 1. The maximum absolute atomic E-state index is 10.9. The maximum atomic E-state index is 10.9. The standard InChI is InChI=1S/C13H8ClN3O3S/c1-20-10-4-7(2-3-9(10)17(18)19)11-5-8-12(21-11)13(14)16-6-15-8/h2-6H,1H3. The summed E-state index contributed by atoms with van der Waals surface area (Å²) >= 11 is 7.46. The number of nitrogens with zero attached hydrogens (tertiary/aromatic N) is 3. The van der Waals surface area contributed by atoms with E-state index in [2.05, 4.69) is 9.97 Å². The molecule has 0 unspecified atom stereocenters. The van der Waals surface area contributed by atoms with E-state index >= 15 is 0 Å². The van der Waals surface area contributed by atoms with Gasteiger partial charge in [-0.25, -0.2) is 9.97 Å². The molecule has 0 aliphatic heterocycles. The van der Waals surface area contributed by atoms with Gasteiger partial charge in [-0.2, -0.15) is 0 Å². The molecular weight excluding hydrogens is 314 g/mol. The van der Waals surface area contributed by atoms with Crippen LogP contribution in [0.15, 0.2) is 30.6 Å². The van der Waals surface area contributed by atoms with Gasteiger partial charge in [0.1, 0.15) is 11.5 Å². The molecule has 21 heavy (non-hydrogen) atoms. The fraction of sp³-hybridized carbons (Fsp3) is 0.0769. The molecule has 3 rings (SSSR count). The summed E-state index contributed by atoms with van der Waals surface area (Å²) in [6.45, 7) is 0. The van der Waals surface area contributed by atoms with Crippen molar-refractivity contribution >= 4 is 38.8 Å². The van der Waals surface area contributed by atoms with Gasteiger partial charge in [-0.3, -0.25) is 10.1 Å². The first-order chi connectivity index (χ1) is 10.1. The number of benzene rings is 1. The minimum Gasteiger partial charge on any atom is -0.490 e. The van der Waals surface area contributed by atoms with Crippen molar-refractivity contribution in [1.29, 1.82) is 0 Å². The smallest absolute Gasteiger partial charge is 0.310 e. The van der Waals surface area contributed by atoms with E-state index in [9.17, 15) is 10.1 Å². The van der Waals surface area contributed by atoms with Crippen LogP contribution in [-0.2, 0) is 0 Å². The first-order valence-corrected chi connectivity index (χ1v) is 7.02. The molecule has 0 bridgehead atoms. The summed E-state index contributed by atoms with van der Waals surface area (Å²) in [7, 11) is 1.40. The second-order valence-corrected chi connectivity index (χ2v) is 5.54. The third-order valence-corrected chi connectivity index (χ3v) is 4.51. The quantitative estimate of drug-likeness (QED) is 0.415. The molecule has 0 amide bonds. The third kappa shape index (κ3) is 2.41. The highest BCUT2D eigenvalue weighted by atomic mass is 35.5. The minimum absolute atomic E-state index is 0.0693. The SMILES string of the molecule is COc1cc(-c2cc3ncnc(Cl)c3s2)ccc1[N+](=O)[O-]. The molecule has 0 radical (unpaired) electrons. The fourth-order valence-electron chi connectivity index (χ4n) is 1.95. The van der Waals surface area contributed by atoms with Crippen LogP contribution in [0.3, 0.4) is 0 Å². The zero-order chi connectivity index (χ0) is 15.0. The van der Waals surface area contributed by atoms with Crippen molar-refractivity contribution in [2.45, 2.75) is 0 Å². The largest absolute Gasteiger partial charge is 0.490 e. The average Bonchev–Trinajstić information content (AvgIpc) is 2.92. The van der Waals surface area contributed by atoms with Crippen LogP contribution in [0.25, 0.3) is 20.7 Å². The minimum atomic E-state index is -0.476. The number of nitro groups is 1. The monoisotopic (exact) mass is 321 g/mol. The summed E-state index contributed by atoms with van der Waals surface area (Å²) in [5.74, 6) is 0.215. The molecule has 0 saturated carbocycles. The molecule has 0 aliphatic rings. The van der Waals surface area contributed by atoms with Crippen molar-refractivity contribution in [2.24, 2.45) is 0 Å². The molecule has 2 aromatic heterocycles. The molecule has 2 heterocycles. The van der Waals surface area contributed by atoms with Crippen molar-refractivity contribution in [3.8, 4) is 16.2 Å². The predicted octanol–water partition coefficient (Wildman–Crippen LogP) is 3.93. The van der Waals surface area contributed by atoms with E-state index in [1.54, 1.807) is 12.1 Å². The normalized spacial score (nSPS) is 10.8. The Bertz CT molecular complexity index is 850. The fourth-order valence-corrected chi connectivity index (χ4v) is 3.19. The maximum Gasteiger partial charge on any atom is 0.310 e. The number of nitro benzene ring substituents is 1. The lowest BCUT2D eigenvalue weighted by Gasteiger charge is -2.03. The van der Waals surface area contributed by atoms with Gasteiger partial charge in [-0.1, -0.05) is 11.6 Å². The van der Waals surface area contributed by atoms with E-state index in [-0.39, 0.29) is 11.4 Å². The van der Waals surface area contributed by atoms with Gasteiger partial charge in [0.05, 0.1) is 22.2 Å². The zero-order valence-electron chi connectivity index (χ0n) is 10.7. The average molecular weight is 322 g/mol. The Morgan fingerprint density at radius 3 is 2.81 bits per heavy atom. The summed E-state index contributed by atoms with van der Waals surface area (Å²) in [5.41, 5.74) is 1.48. The Morgan fingerprint density at radius 1 is 1.33 bits per heavy atom. The van der Waals surface area contributed by atoms with Crippen LogP contribution >= 0.6 is 22.9 Å². The molecule has 106 valence electrons. The van der Waals surface area contributed by atoms with Crippen LogP contribution in [0.5, 0.6) is 5.75 Å². The molecule has 1 aromatic carbocycles. The lowest BCUT2D eigenvalue weighted by Crippen LogP contribution is -1.93. The van der Waals surface area contributed by atoms with E-state index in [4.69, 9.17) is 16.3 Å². The molecule has 0 atom stereocenters. The van der Waals surface area contributed by atoms with E-state index in [1.807, 2.05) is 6.07 Å². The lowest BCUT2D eigenvalue weighted by atomic mass is 10.1. The van der Waals surface area contributed by atoms with Crippen molar-refractivity contribution < 1.29 is 9.66 Å². The van der Waals surface area contributed by atoms with Crippen LogP contribution in [0.1, 0.15) is 0 Å². The van der Waals surface area contributed by atoms with Crippen LogP contribution in [-0.4, -0.2) is 22.0 Å². The summed E-state index contributed by atoms with van der Waals surface area (Å²) in [4.78, 5) is 19.4. The summed E-state index contributed by atoms with van der Waals surface area (Å²) in [6.07, 6.45) is 1.40. The van der Waals surface area contributed by atoms with Gasteiger partial charge in [0.25, 0.3) is 0 Å². The number of hydrogen-bond acceptors (Lipinski definition) is 6. The Kier molecular flexibility index (Phi) is 3.44. The van der Waals surface area contributed by atoms with Gasteiger partial charge in [-0.05, 0) is 23.8 Å². The van der Waals surface area contributed by atoms with Gasteiger partial charge >= 0.3 is 5.69 Å². The van der Waals surface area contributed by atoms with Gasteiger partial charge in [0, 0.05) is 10.9 Å². The second kappa shape index (κ2) is 5.27. The van der Waals surface area contributed by atoms with Crippen LogP contribution in [0, 0.1) is 10.1 Å². The highest BCUT2D eigenvalue weighted by Gasteiger charge is 2.16. The summed E-state index contributed by atoms with van der Waals surface area (Å²) < 4.78 is 5.86. The first-order valence-electron chi connectivity index (χ1n) is 5.83. The summed E-state index contributed by atoms with van der Waals surface area (Å²) in [5, 5.41) is 11.3. The number of fused-ring (bicyclic) bond motifs is 1. The molecule has 0 saturated heterocycles. The number of halogens is 1. The topological polar surface area (TPSA) is 78.2 Å². The number of thiophene rings is 1. The molecule has 0 spiro atoms. The van der Waals surface area contributed by atoms with Gasteiger partial charge < -0.3 is 4.74 Å². The van der Waals surface area contributed by atoms with Crippen molar-refractivity contribution in [1.82, 2.24) is 9.97 Å².